The molecule has 0 aliphatic rings. The maximum Gasteiger partial charge on any atom is 0.123 e. The van der Waals surface area contributed by atoms with E-state index >= 15 is 0 Å². The summed E-state index contributed by atoms with van der Waals surface area (Å²) in [5.74, 6) is 0.468. The normalized spacial score (nSPS) is 13.0. The van der Waals surface area contributed by atoms with Gasteiger partial charge >= 0.3 is 0 Å². The quantitative estimate of drug-likeness (QED) is 0.854. The maximum absolute atomic E-state index is 10.7. The molecule has 1 aromatic carbocycles. The highest BCUT2D eigenvalue weighted by Gasteiger charge is 2.26. The first-order valence-electron chi connectivity index (χ1n) is 8.03. The summed E-state index contributed by atoms with van der Waals surface area (Å²) in [5.41, 5.74) is 3.30. The second-order valence-electron chi connectivity index (χ2n) is 8.40. The van der Waals surface area contributed by atoms with E-state index < -0.39 is 0 Å². The van der Waals surface area contributed by atoms with Crippen LogP contribution in [0.1, 0.15) is 72.1 Å². The highest BCUT2D eigenvalue weighted by atomic mass is 16.3. The number of hydrogen-bond donors (Lipinski definition) is 2. The van der Waals surface area contributed by atoms with Gasteiger partial charge in [0, 0.05) is 6.04 Å². The fourth-order valence-electron chi connectivity index (χ4n) is 2.49. The first-order valence-corrected chi connectivity index (χ1v) is 8.03. The summed E-state index contributed by atoms with van der Waals surface area (Å²) in [5, 5.41) is 14.1. The highest BCUT2D eigenvalue weighted by Crippen LogP contribution is 2.39. The molecule has 21 heavy (non-hydrogen) atoms. The average Bonchev–Trinajstić information content (AvgIpc) is 2.27. The molecule has 2 N–H and O–H groups in total. The van der Waals surface area contributed by atoms with E-state index in [1.807, 2.05) is 0 Å². The van der Waals surface area contributed by atoms with Crippen LogP contribution in [0.4, 0.5) is 0 Å². The predicted molar refractivity (Wildman–Crippen MR) is 92.3 cm³/mol. The van der Waals surface area contributed by atoms with Crippen LogP contribution >= 0.6 is 0 Å². The number of rotatable bonds is 4. The Labute approximate surface area is 131 Å². The van der Waals surface area contributed by atoms with Gasteiger partial charge in [-0.15, -0.1) is 0 Å². The molecule has 0 saturated carbocycles. The Morgan fingerprint density at radius 3 is 1.71 bits per heavy atom. The van der Waals surface area contributed by atoms with Crippen molar-refractivity contribution in [1.29, 1.82) is 0 Å². The Balaban J connectivity index is 3.21. The Kier molecular flexibility index (Phi) is 5.49. The molecule has 0 unspecified atom stereocenters. The van der Waals surface area contributed by atoms with E-state index in [4.69, 9.17) is 0 Å². The zero-order valence-corrected chi connectivity index (χ0v) is 15.1. The molecule has 0 atom stereocenters. The third-order valence-electron chi connectivity index (χ3n) is 3.75. The number of nitrogens with one attached hydrogen (secondary N) is 1. The van der Waals surface area contributed by atoms with Gasteiger partial charge in [-0.05, 0) is 40.5 Å². The van der Waals surface area contributed by atoms with Gasteiger partial charge < -0.3 is 10.4 Å². The topological polar surface area (TPSA) is 32.3 Å². The molecule has 0 spiro atoms. The molecular weight excluding hydrogens is 258 g/mol. The summed E-state index contributed by atoms with van der Waals surface area (Å²) in [4.78, 5) is 0. The van der Waals surface area contributed by atoms with Gasteiger partial charge in [0.05, 0.1) is 0 Å². The van der Waals surface area contributed by atoms with Crippen molar-refractivity contribution in [2.45, 2.75) is 78.7 Å². The van der Waals surface area contributed by atoms with Crippen molar-refractivity contribution in [3.8, 4) is 5.75 Å². The molecule has 0 bridgehead atoms. The summed E-state index contributed by atoms with van der Waals surface area (Å²) in [6.45, 7) is 18.2. The van der Waals surface area contributed by atoms with E-state index in [1.54, 1.807) is 0 Å². The lowest BCUT2D eigenvalue weighted by Gasteiger charge is -2.28. The Morgan fingerprint density at radius 2 is 1.38 bits per heavy atom. The summed E-state index contributed by atoms with van der Waals surface area (Å²) in [6.07, 6.45) is 0.991. The molecule has 120 valence electrons. The van der Waals surface area contributed by atoms with Gasteiger partial charge in [0.2, 0.25) is 0 Å². The van der Waals surface area contributed by atoms with Gasteiger partial charge in [-0.1, -0.05) is 67.5 Å². The van der Waals surface area contributed by atoms with Crippen molar-refractivity contribution >= 4 is 0 Å². The number of aromatic hydroxyl groups is 1. The summed E-state index contributed by atoms with van der Waals surface area (Å²) in [6, 6.07) is 4.85. The molecule has 0 aliphatic carbocycles. The second kappa shape index (κ2) is 6.39. The van der Waals surface area contributed by atoms with Crippen LogP contribution in [0.3, 0.4) is 0 Å². The molecule has 2 heteroatoms. The largest absolute Gasteiger partial charge is 0.507 e. The number of hydrogen-bond acceptors (Lipinski definition) is 2. The minimum atomic E-state index is -0.0500. The van der Waals surface area contributed by atoms with Crippen LogP contribution in [0.5, 0.6) is 5.75 Å². The standard InChI is InChI=1S/C19H33NO/c1-13(2)20-10-9-14-11-15(18(3,4)5)17(21)16(12-14)19(6,7)8/h11-13,20-21H,9-10H2,1-8H3. The van der Waals surface area contributed by atoms with E-state index in [0.717, 1.165) is 24.1 Å². The SMILES string of the molecule is CC(C)NCCc1cc(C(C)(C)C)c(O)c(C(C)(C)C)c1. The predicted octanol–water partition coefficient (Wildman–Crippen LogP) is 4.53. The van der Waals surface area contributed by atoms with Crippen molar-refractivity contribution in [3.63, 3.8) is 0 Å². The zero-order chi connectivity index (χ0) is 16.4. The molecule has 0 aliphatic heterocycles. The molecule has 0 saturated heterocycles. The maximum atomic E-state index is 10.7. The lowest BCUT2D eigenvalue weighted by Crippen LogP contribution is -2.25. The van der Waals surface area contributed by atoms with Crippen molar-refractivity contribution in [3.05, 3.63) is 28.8 Å². The Bertz CT molecular complexity index is 440. The van der Waals surface area contributed by atoms with Crippen molar-refractivity contribution < 1.29 is 5.11 Å². The van der Waals surface area contributed by atoms with Crippen LogP contribution in [-0.2, 0) is 17.3 Å². The smallest absolute Gasteiger partial charge is 0.123 e. The van der Waals surface area contributed by atoms with Gasteiger partial charge in [0.1, 0.15) is 5.75 Å². The molecule has 0 heterocycles. The lowest BCUT2D eigenvalue weighted by molar-refractivity contribution is 0.422. The zero-order valence-electron chi connectivity index (χ0n) is 15.1. The van der Waals surface area contributed by atoms with Crippen LogP contribution < -0.4 is 5.32 Å². The number of benzene rings is 1. The fraction of sp³-hybridized carbons (Fsp3) is 0.684. The monoisotopic (exact) mass is 291 g/mol. The molecule has 0 aromatic heterocycles. The van der Waals surface area contributed by atoms with Crippen LogP contribution in [-0.4, -0.2) is 17.7 Å². The van der Waals surface area contributed by atoms with Crippen molar-refractivity contribution in [2.24, 2.45) is 0 Å². The van der Waals surface area contributed by atoms with Crippen LogP contribution in [0.15, 0.2) is 12.1 Å². The van der Waals surface area contributed by atoms with E-state index in [-0.39, 0.29) is 10.8 Å². The minimum absolute atomic E-state index is 0.0500. The van der Waals surface area contributed by atoms with Crippen molar-refractivity contribution in [1.82, 2.24) is 5.32 Å². The van der Waals surface area contributed by atoms with Gasteiger partial charge in [-0.3, -0.25) is 0 Å². The van der Waals surface area contributed by atoms with E-state index in [0.29, 0.717) is 11.8 Å². The summed E-state index contributed by atoms with van der Waals surface area (Å²) < 4.78 is 0. The number of phenolic OH excluding ortho intramolecular Hbond substituents is 1. The molecule has 1 rings (SSSR count). The van der Waals surface area contributed by atoms with E-state index in [1.165, 1.54) is 5.56 Å². The third kappa shape index (κ3) is 5.03. The molecule has 0 amide bonds. The van der Waals surface area contributed by atoms with Gasteiger partial charge in [-0.2, -0.15) is 0 Å². The first-order chi connectivity index (χ1) is 9.43. The third-order valence-corrected chi connectivity index (χ3v) is 3.75. The molecule has 0 fully saturated rings. The molecule has 1 aromatic rings. The first kappa shape index (κ1) is 18.0. The number of phenols is 1. The molecule has 0 radical (unpaired) electrons. The fourth-order valence-corrected chi connectivity index (χ4v) is 2.49. The second-order valence-corrected chi connectivity index (χ2v) is 8.40. The van der Waals surface area contributed by atoms with E-state index in [2.05, 4.69) is 72.8 Å². The summed E-state index contributed by atoms with van der Waals surface area (Å²) >= 11 is 0. The van der Waals surface area contributed by atoms with Gasteiger partial charge in [-0.25, -0.2) is 0 Å². The van der Waals surface area contributed by atoms with Crippen LogP contribution in [0.25, 0.3) is 0 Å². The Hall–Kier alpha value is -1.02. The van der Waals surface area contributed by atoms with Gasteiger partial charge in [0.15, 0.2) is 0 Å². The van der Waals surface area contributed by atoms with Gasteiger partial charge in [0.25, 0.3) is 0 Å². The minimum Gasteiger partial charge on any atom is -0.507 e. The van der Waals surface area contributed by atoms with Crippen LogP contribution in [0, 0.1) is 0 Å². The lowest BCUT2D eigenvalue weighted by atomic mass is 9.78. The molecular formula is C19H33NO. The highest BCUT2D eigenvalue weighted by molar-refractivity contribution is 5.49. The molecule has 2 nitrogen and oxygen atoms in total. The van der Waals surface area contributed by atoms with Crippen LogP contribution in [0.2, 0.25) is 0 Å². The van der Waals surface area contributed by atoms with E-state index in [9.17, 15) is 5.11 Å². The average molecular weight is 291 g/mol. The summed E-state index contributed by atoms with van der Waals surface area (Å²) in [7, 11) is 0. The van der Waals surface area contributed by atoms with Crippen molar-refractivity contribution in [2.75, 3.05) is 6.54 Å². The Morgan fingerprint density at radius 1 is 0.952 bits per heavy atom.